The van der Waals surface area contributed by atoms with Gasteiger partial charge in [0.25, 0.3) is 0 Å². The number of rotatable bonds is 2. The summed E-state index contributed by atoms with van der Waals surface area (Å²) in [4.78, 5) is 0. The lowest BCUT2D eigenvalue weighted by molar-refractivity contribution is -0.0233. The Labute approximate surface area is 97.3 Å². The molecule has 1 saturated heterocycles. The molecule has 1 aliphatic rings. The van der Waals surface area contributed by atoms with Gasteiger partial charge in [-0.25, -0.2) is 0 Å². The number of aliphatic hydroxyl groups is 3. The van der Waals surface area contributed by atoms with Crippen molar-refractivity contribution in [2.45, 2.75) is 24.4 Å². The number of aliphatic hydroxyl groups excluding tert-OH is 3. The summed E-state index contributed by atoms with van der Waals surface area (Å²) in [5.74, 6) is -0.349. The quantitative estimate of drug-likeness (QED) is 0.467. The maximum Gasteiger partial charge on any atom is 0.125 e. The number of ether oxygens (including phenoxy) is 1. The average molecular weight is 242 g/mol. The van der Waals surface area contributed by atoms with Crippen LogP contribution in [0.4, 0.5) is 0 Å². The molecule has 6 nitrogen and oxygen atoms in total. The van der Waals surface area contributed by atoms with Gasteiger partial charge < -0.3 is 30.3 Å². The molecule has 2 rings (SSSR count). The Morgan fingerprint density at radius 1 is 1.12 bits per heavy atom. The molecular weight excluding hydrogens is 228 g/mol. The van der Waals surface area contributed by atoms with Crippen LogP contribution in [0.5, 0.6) is 11.5 Å². The first-order chi connectivity index (χ1) is 8.04. The molecule has 0 spiro atoms. The molecule has 0 bridgehead atoms. The Hall–Kier alpha value is -1.34. The number of phenols is 2. The van der Waals surface area contributed by atoms with Crippen LogP contribution in [0.1, 0.15) is 11.7 Å². The molecule has 0 aliphatic carbocycles. The predicted molar refractivity (Wildman–Crippen MR) is 56.5 cm³/mol. The van der Waals surface area contributed by atoms with E-state index in [1.165, 1.54) is 12.1 Å². The first-order valence-corrected chi connectivity index (χ1v) is 5.19. The van der Waals surface area contributed by atoms with E-state index in [-0.39, 0.29) is 17.1 Å². The highest BCUT2D eigenvalue weighted by atomic mass is 16.6. The molecule has 4 atom stereocenters. The van der Waals surface area contributed by atoms with Crippen molar-refractivity contribution in [3.63, 3.8) is 0 Å². The summed E-state index contributed by atoms with van der Waals surface area (Å²) in [7, 11) is 0. The minimum absolute atomic E-state index is 0.113. The van der Waals surface area contributed by atoms with E-state index in [0.29, 0.717) is 0 Å². The van der Waals surface area contributed by atoms with E-state index in [0.717, 1.165) is 6.07 Å². The maximum atomic E-state index is 9.75. The first kappa shape index (κ1) is 12.1. The van der Waals surface area contributed by atoms with Crippen molar-refractivity contribution in [3.05, 3.63) is 23.8 Å². The van der Waals surface area contributed by atoms with Gasteiger partial charge in [-0.05, 0) is 12.1 Å². The SMILES string of the molecule is OC[C@@H]1O[C@H](c2ccc(O)cc2O)[C@H](O)[C@@H]1O. The third-order valence-corrected chi connectivity index (χ3v) is 2.86. The van der Waals surface area contributed by atoms with E-state index < -0.39 is 31.0 Å². The second kappa shape index (κ2) is 4.50. The topological polar surface area (TPSA) is 110 Å². The van der Waals surface area contributed by atoms with Gasteiger partial charge in [0.15, 0.2) is 0 Å². The fourth-order valence-electron chi connectivity index (χ4n) is 1.93. The Morgan fingerprint density at radius 3 is 2.35 bits per heavy atom. The van der Waals surface area contributed by atoms with Crippen LogP contribution in [-0.4, -0.2) is 50.5 Å². The zero-order valence-corrected chi connectivity index (χ0v) is 8.89. The summed E-state index contributed by atoms with van der Waals surface area (Å²) in [6.45, 7) is -0.423. The van der Waals surface area contributed by atoms with Crippen LogP contribution in [-0.2, 0) is 4.74 Å². The summed E-state index contributed by atoms with van der Waals surface area (Å²) < 4.78 is 5.25. The number of aromatic hydroxyl groups is 2. The lowest BCUT2D eigenvalue weighted by Crippen LogP contribution is -2.32. The van der Waals surface area contributed by atoms with Gasteiger partial charge in [-0.1, -0.05) is 0 Å². The molecule has 0 radical (unpaired) electrons. The van der Waals surface area contributed by atoms with E-state index in [1.807, 2.05) is 0 Å². The minimum Gasteiger partial charge on any atom is -0.508 e. The fraction of sp³-hybridized carbons (Fsp3) is 0.455. The summed E-state index contributed by atoms with van der Waals surface area (Å²) in [5, 5.41) is 47.0. The molecule has 1 aromatic carbocycles. The molecule has 5 N–H and O–H groups in total. The highest BCUT2D eigenvalue weighted by Crippen LogP contribution is 2.38. The van der Waals surface area contributed by atoms with Crippen LogP contribution < -0.4 is 0 Å². The van der Waals surface area contributed by atoms with Crippen LogP contribution in [0.3, 0.4) is 0 Å². The Balaban J connectivity index is 2.29. The Bertz CT molecular complexity index is 407. The van der Waals surface area contributed by atoms with Crippen LogP contribution in [0.15, 0.2) is 18.2 Å². The molecule has 1 heterocycles. The zero-order chi connectivity index (χ0) is 12.6. The molecule has 1 fully saturated rings. The van der Waals surface area contributed by atoms with E-state index in [4.69, 9.17) is 14.9 Å². The maximum absolute atomic E-state index is 9.75. The Morgan fingerprint density at radius 2 is 1.82 bits per heavy atom. The van der Waals surface area contributed by atoms with Gasteiger partial charge in [0.2, 0.25) is 0 Å². The van der Waals surface area contributed by atoms with Crippen molar-refractivity contribution in [3.8, 4) is 11.5 Å². The van der Waals surface area contributed by atoms with Crippen molar-refractivity contribution in [1.82, 2.24) is 0 Å². The second-order valence-electron chi connectivity index (χ2n) is 4.00. The van der Waals surface area contributed by atoms with Crippen LogP contribution in [0.2, 0.25) is 0 Å². The monoisotopic (exact) mass is 242 g/mol. The van der Waals surface area contributed by atoms with Crippen LogP contribution in [0, 0.1) is 0 Å². The highest BCUT2D eigenvalue weighted by Gasteiger charge is 2.43. The van der Waals surface area contributed by atoms with Gasteiger partial charge in [0, 0.05) is 11.6 Å². The van der Waals surface area contributed by atoms with Gasteiger partial charge in [-0.15, -0.1) is 0 Å². The summed E-state index contributed by atoms with van der Waals surface area (Å²) in [6.07, 6.45) is -4.26. The third-order valence-electron chi connectivity index (χ3n) is 2.86. The molecule has 17 heavy (non-hydrogen) atoms. The van der Waals surface area contributed by atoms with E-state index in [9.17, 15) is 15.3 Å². The van der Waals surface area contributed by atoms with Crippen molar-refractivity contribution < 1.29 is 30.3 Å². The fourth-order valence-corrected chi connectivity index (χ4v) is 1.93. The normalized spacial score (nSPS) is 32.9. The first-order valence-electron chi connectivity index (χ1n) is 5.19. The van der Waals surface area contributed by atoms with Gasteiger partial charge in [0.1, 0.15) is 35.9 Å². The largest absolute Gasteiger partial charge is 0.508 e. The summed E-state index contributed by atoms with van der Waals surface area (Å²) in [5.41, 5.74) is 0.255. The predicted octanol–water partition coefficient (Wildman–Crippen LogP) is -0.748. The van der Waals surface area contributed by atoms with Crippen molar-refractivity contribution in [2.75, 3.05) is 6.61 Å². The molecule has 6 heteroatoms. The van der Waals surface area contributed by atoms with E-state index in [2.05, 4.69) is 0 Å². The number of phenolic OH excluding ortho intramolecular Hbond substituents is 2. The summed E-state index contributed by atoms with van der Waals surface area (Å²) >= 11 is 0. The number of hydrogen-bond donors (Lipinski definition) is 5. The van der Waals surface area contributed by atoms with Crippen molar-refractivity contribution in [1.29, 1.82) is 0 Å². The molecule has 0 unspecified atom stereocenters. The van der Waals surface area contributed by atoms with E-state index >= 15 is 0 Å². The lowest BCUT2D eigenvalue weighted by atomic mass is 10.0. The molecule has 94 valence electrons. The lowest BCUT2D eigenvalue weighted by Gasteiger charge is -2.16. The minimum atomic E-state index is -1.23. The molecule has 0 amide bonds. The van der Waals surface area contributed by atoms with E-state index in [1.54, 1.807) is 0 Å². The Kier molecular flexibility index (Phi) is 3.21. The molecular formula is C11H14O6. The zero-order valence-electron chi connectivity index (χ0n) is 8.89. The standard InChI is InChI=1S/C11H14O6/c12-4-8-9(15)10(16)11(17-8)6-2-1-5(13)3-7(6)14/h1-3,8-16H,4H2/t8-,9+,10+,11+/m0/s1. The molecule has 1 aromatic rings. The van der Waals surface area contributed by atoms with Gasteiger partial charge in [-0.3, -0.25) is 0 Å². The number of benzene rings is 1. The highest BCUT2D eigenvalue weighted by molar-refractivity contribution is 5.41. The number of hydrogen-bond acceptors (Lipinski definition) is 6. The average Bonchev–Trinajstić information content (AvgIpc) is 2.57. The smallest absolute Gasteiger partial charge is 0.125 e. The van der Waals surface area contributed by atoms with Gasteiger partial charge in [0.05, 0.1) is 6.61 Å². The van der Waals surface area contributed by atoms with Crippen LogP contribution in [0.25, 0.3) is 0 Å². The van der Waals surface area contributed by atoms with Gasteiger partial charge in [-0.2, -0.15) is 0 Å². The molecule has 1 aliphatic heterocycles. The summed E-state index contributed by atoms with van der Waals surface area (Å²) in [6, 6.07) is 3.85. The van der Waals surface area contributed by atoms with Crippen molar-refractivity contribution in [2.24, 2.45) is 0 Å². The third kappa shape index (κ3) is 2.07. The molecule has 0 saturated carbocycles. The van der Waals surface area contributed by atoms with Crippen molar-refractivity contribution >= 4 is 0 Å². The van der Waals surface area contributed by atoms with Gasteiger partial charge >= 0.3 is 0 Å². The molecule has 0 aromatic heterocycles. The second-order valence-corrected chi connectivity index (χ2v) is 4.00. The van der Waals surface area contributed by atoms with Crippen LogP contribution >= 0.6 is 0 Å².